The van der Waals surface area contributed by atoms with Crippen molar-refractivity contribution in [1.29, 1.82) is 10.5 Å². The van der Waals surface area contributed by atoms with Crippen LogP contribution in [0.25, 0.3) is 49.9 Å². The molecule has 5 aromatic heterocycles. The molecule has 9 aromatic carbocycles. The van der Waals surface area contributed by atoms with Crippen LogP contribution in [0.5, 0.6) is 11.5 Å². The number of benzene rings is 9. The first-order chi connectivity index (χ1) is 54.3. The molecule has 0 spiro atoms. The van der Waals surface area contributed by atoms with Crippen LogP contribution in [0.3, 0.4) is 0 Å². The van der Waals surface area contributed by atoms with Crippen LogP contribution in [-0.2, 0) is 35.3 Å². The zero-order valence-electron chi connectivity index (χ0n) is 63.9. The summed E-state index contributed by atoms with van der Waals surface area (Å²) in [5, 5.41) is 63.4. The summed E-state index contributed by atoms with van der Waals surface area (Å²) < 4.78 is 0.743. The van der Waals surface area contributed by atoms with Gasteiger partial charge in [0.15, 0.2) is 5.69 Å². The second-order valence-electron chi connectivity index (χ2n) is 26.5. The van der Waals surface area contributed by atoms with E-state index in [0.29, 0.717) is 35.3 Å². The number of allylic oxidation sites excluding steroid dienone is 2. The fourth-order valence-electron chi connectivity index (χ4n) is 12.8. The first-order valence-corrected chi connectivity index (χ1v) is 37.2. The van der Waals surface area contributed by atoms with Crippen molar-refractivity contribution in [3.05, 3.63) is 400 Å². The molecule has 14 aromatic rings. The molecule has 2 atom stereocenters. The number of carbonyl (C=O) groups excluding carboxylic acids is 1. The summed E-state index contributed by atoms with van der Waals surface area (Å²) in [5.41, 5.74) is 29.1. The molecule has 1 aliphatic rings. The van der Waals surface area contributed by atoms with Gasteiger partial charge in [0, 0.05) is 77.3 Å². The number of aromatic hydroxyl groups is 2. The SMILES string of the molecule is C.C.C.C.C.C.C.Cc1ccccc1-c1cccnc1C#N.Cc1ccccc1-c1cccnc1C(CC(=O)CC1=CCc2ccc(O)cc21)Cc1ccccc1.Cc1ccccc1-c1cccnc1C(N)Cc1ccccc1.Cc1ccccc1B(O)O.N#Cc1ncccc1Br.O=C(O)Cc1c[nH]c2ccc(O)cc12.[CH2-]c1ccccc1.[Cl-].[Mg+2]. The second-order valence-corrected chi connectivity index (χ2v) is 27.3. The van der Waals surface area contributed by atoms with Crippen LogP contribution in [0.15, 0.2) is 315 Å². The van der Waals surface area contributed by atoms with E-state index < -0.39 is 13.1 Å². The predicted molar refractivity (Wildman–Crippen MR) is 505 cm³/mol. The number of Topliss-reactive ketones (excluding diaryl/α,β-unsaturated/α-hetero) is 1. The van der Waals surface area contributed by atoms with Gasteiger partial charge in [-0.3, -0.25) is 19.6 Å². The Labute approximate surface area is 749 Å². The van der Waals surface area contributed by atoms with E-state index in [1.165, 1.54) is 27.8 Å². The number of phenolic OH excluding ortho intramolecular Hbond substituents is 2. The van der Waals surface area contributed by atoms with Crippen LogP contribution >= 0.6 is 15.9 Å². The number of nitrogens with two attached hydrogens (primary N) is 1. The Morgan fingerprint density at radius 1 is 0.504 bits per heavy atom. The molecule has 0 saturated carbocycles. The van der Waals surface area contributed by atoms with Gasteiger partial charge in [0.1, 0.15) is 35.1 Å². The standard InChI is InChI=1S/C32H29NO2.C20H20N2.C13H10N2.C10H9NO3.C7H9BO2.C7H7.C6H3BrN2.7CH4.ClH.Mg/c1-22-8-5-6-11-29(22)30-12-7-17-33-32(30)26(18-23-9-3-2-4-10-23)20-28(35)19-25-14-13-24-15-16-27(34)21-31(24)25;1-15-8-5-6-11-17(15)18-12-7-13-22-20(18)19(21)14-16-9-3-2-4-10-16;1-10-5-2-3-6-11(10)12-7-4-8-15-13(12)9-14;12-7-1-2-9-8(4-7)6(5-11-9)3-10(13)14;1-6-4-2-3-5-7(6)8(9)10;1-7-5-3-2-4-6-7;7-5-2-1-3-9-6(5)4-8;;;;;;;;;/h2-12,14-17,21,26,34H,13,18-20H2,1H3;2-13,19H,14,21H2,1H3;2-8H,1H3;1-2,4-5,11-12H,3H2,(H,13,14);2-5,9-10H,1H3;2-6H,1H2;1-3H;7*1H4;1H;/q;;;;;-1;;;;;;;;;;+2/p-1. The van der Waals surface area contributed by atoms with E-state index in [1.54, 1.807) is 73.2 Å². The molecule has 121 heavy (non-hydrogen) atoms. The van der Waals surface area contributed by atoms with Gasteiger partial charge in [-0.25, -0.2) is 9.97 Å². The number of halogens is 2. The van der Waals surface area contributed by atoms with Gasteiger partial charge in [0.25, 0.3) is 0 Å². The molecule has 8 N–H and O–H groups in total. The molecule has 0 saturated heterocycles. The number of nitrogens with zero attached hydrogens (tertiary/aromatic N) is 6. The van der Waals surface area contributed by atoms with Gasteiger partial charge >= 0.3 is 36.1 Å². The fraction of sp³-hybridized carbons (Fsp3) is 0.186. The Bertz CT molecular complexity index is 5550. The Morgan fingerprint density at radius 2 is 0.934 bits per heavy atom. The van der Waals surface area contributed by atoms with Gasteiger partial charge in [-0.15, -0.1) is 12.1 Å². The van der Waals surface area contributed by atoms with Gasteiger partial charge in [-0.05, 0) is 202 Å². The number of carboxylic acids is 1. The minimum atomic E-state index is -1.35. The van der Waals surface area contributed by atoms with Crippen LogP contribution in [0.1, 0.15) is 155 Å². The van der Waals surface area contributed by atoms with Crippen LogP contribution in [-0.4, -0.2) is 92.2 Å². The third-order valence-corrected chi connectivity index (χ3v) is 19.0. The van der Waals surface area contributed by atoms with Gasteiger partial charge in [-0.1, -0.05) is 246 Å². The van der Waals surface area contributed by atoms with Crippen molar-refractivity contribution in [3.8, 4) is 57.0 Å². The first kappa shape index (κ1) is 109. The molecule has 0 fully saturated rings. The number of H-pyrrole nitrogens is 1. The topological polar surface area (TPSA) is 276 Å². The van der Waals surface area contributed by atoms with Crippen LogP contribution in [0.4, 0.5) is 0 Å². The zero-order chi connectivity index (χ0) is 79.7. The molecule has 5 heterocycles. The molecular formula is C102H115BBrClMgN8O7. The quantitative estimate of drug-likeness (QED) is 0.0350. The normalized spacial score (nSPS) is 10.3. The number of phenols is 2. The minimum Gasteiger partial charge on any atom is -1.00 e. The van der Waals surface area contributed by atoms with E-state index in [0.717, 1.165) is 107 Å². The number of hydrogen-bond acceptors (Lipinski definition) is 13. The fourth-order valence-corrected chi connectivity index (χ4v) is 13.1. The average molecular weight is 1720 g/mol. The Kier molecular flexibility index (Phi) is 50.8. The summed E-state index contributed by atoms with van der Waals surface area (Å²) in [6.45, 7) is 11.8. The smallest absolute Gasteiger partial charge is 1.00 e. The van der Waals surface area contributed by atoms with Crippen LogP contribution < -0.4 is 23.6 Å². The van der Waals surface area contributed by atoms with E-state index in [9.17, 15) is 19.8 Å². The number of rotatable bonds is 16. The van der Waals surface area contributed by atoms with Crippen molar-refractivity contribution < 1.29 is 47.4 Å². The average Bonchev–Trinajstić information content (AvgIpc) is 1.44. The van der Waals surface area contributed by atoms with Gasteiger partial charge < -0.3 is 48.5 Å². The molecular weight excluding hydrogens is 1600 g/mol. The van der Waals surface area contributed by atoms with Crippen molar-refractivity contribution in [3.63, 3.8) is 0 Å². The molecule has 15 rings (SSSR count). The molecule has 15 nitrogen and oxygen atoms in total. The maximum Gasteiger partial charge on any atom is 2.00 e. The number of ketones is 1. The number of aromatic amines is 1. The Balaban J connectivity index is 0.00000146. The summed E-state index contributed by atoms with van der Waals surface area (Å²) in [5.74, 6) is -0.346. The first-order valence-electron chi connectivity index (χ1n) is 36.4. The van der Waals surface area contributed by atoms with Crippen LogP contribution in [0.2, 0.25) is 0 Å². The molecule has 0 radical (unpaired) electrons. The Morgan fingerprint density at radius 3 is 1.41 bits per heavy atom. The number of carboxylic acid groups (broad SMARTS) is 1. The van der Waals surface area contributed by atoms with Crippen molar-refractivity contribution in [2.75, 3.05) is 0 Å². The number of carbonyl (C=O) groups is 2. The second kappa shape index (κ2) is 56.4. The van der Waals surface area contributed by atoms with E-state index in [4.69, 9.17) is 36.4 Å². The van der Waals surface area contributed by atoms with Crippen molar-refractivity contribution in [1.82, 2.24) is 24.9 Å². The number of pyridine rings is 4. The molecule has 624 valence electrons. The zero-order valence-corrected chi connectivity index (χ0v) is 67.7. The van der Waals surface area contributed by atoms with Gasteiger partial charge in [-0.2, -0.15) is 35.1 Å². The maximum absolute atomic E-state index is 13.5. The maximum atomic E-state index is 13.5. The number of nitriles is 2. The van der Waals surface area contributed by atoms with Crippen molar-refractivity contribution >= 4 is 79.8 Å². The number of aliphatic carboxylic acids is 1. The van der Waals surface area contributed by atoms with Crippen molar-refractivity contribution in [2.24, 2.45) is 5.73 Å². The summed E-state index contributed by atoms with van der Waals surface area (Å²) >= 11 is 3.17. The minimum absolute atomic E-state index is 0. The number of hydrogen-bond donors (Lipinski definition) is 7. The predicted octanol–water partition coefficient (Wildman–Crippen LogP) is 20.1. The van der Waals surface area contributed by atoms with Gasteiger partial charge in [0.05, 0.1) is 28.3 Å². The molecule has 0 amide bonds. The summed E-state index contributed by atoms with van der Waals surface area (Å²) in [7, 11) is -1.35. The van der Waals surface area contributed by atoms with E-state index >= 15 is 0 Å². The molecule has 19 heteroatoms. The summed E-state index contributed by atoms with van der Waals surface area (Å²) in [6, 6.07) is 92.1. The molecule has 1 aliphatic carbocycles. The van der Waals surface area contributed by atoms with E-state index in [1.807, 2.05) is 172 Å². The number of aryl methyl sites for hydroxylation is 4. The molecule has 0 aliphatic heterocycles. The van der Waals surface area contributed by atoms with E-state index in [-0.39, 0.29) is 123 Å². The number of nitrogens with one attached hydrogen (secondary N) is 1. The third kappa shape index (κ3) is 32.9. The number of fused-ring (bicyclic) bond motifs is 2. The van der Waals surface area contributed by atoms with Crippen molar-refractivity contribution in [2.45, 2.75) is 130 Å². The summed E-state index contributed by atoms with van der Waals surface area (Å²) in [6.07, 6.45) is 13.7. The largest absolute Gasteiger partial charge is 2.00 e. The molecule has 2 unspecified atom stereocenters. The Hall–Kier alpha value is -12.1. The summed E-state index contributed by atoms with van der Waals surface area (Å²) in [4.78, 5) is 44.2. The molecule has 0 bridgehead atoms. The number of aromatic nitrogens is 5. The monoisotopic (exact) mass is 1710 g/mol. The van der Waals surface area contributed by atoms with Crippen LogP contribution in [0, 0.1) is 57.3 Å². The third-order valence-electron chi connectivity index (χ3n) is 18.4. The van der Waals surface area contributed by atoms with E-state index in [2.05, 4.69) is 148 Å². The van der Waals surface area contributed by atoms with Gasteiger partial charge in [0.2, 0.25) is 0 Å².